The molecule has 118 valence electrons. The molecule has 1 aliphatic rings. The van der Waals surface area contributed by atoms with E-state index in [0.29, 0.717) is 13.1 Å². The maximum Gasteiger partial charge on any atom is 0.246 e. The molecule has 1 unspecified atom stereocenters. The van der Waals surface area contributed by atoms with Crippen LogP contribution >= 0.6 is 0 Å². The van der Waals surface area contributed by atoms with E-state index in [2.05, 4.69) is 5.32 Å². The minimum absolute atomic E-state index is 0.0175. The van der Waals surface area contributed by atoms with E-state index < -0.39 is 15.8 Å². The Balaban J connectivity index is 2.40. The van der Waals surface area contributed by atoms with Crippen LogP contribution in [0.15, 0.2) is 23.1 Å². The predicted molar refractivity (Wildman–Crippen MR) is 81.0 cm³/mol. The molecule has 2 rings (SSSR count). The third-order valence-corrected chi connectivity index (χ3v) is 5.97. The van der Waals surface area contributed by atoms with Crippen LogP contribution in [-0.2, 0) is 16.6 Å². The van der Waals surface area contributed by atoms with Crippen molar-refractivity contribution in [3.8, 4) is 0 Å². The first-order chi connectivity index (χ1) is 10.0. The Morgan fingerprint density at radius 1 is 1.38 bits per heavy atom. The molecule has 1 atom stereocenters. The van der Waals surface area contributed by atoms with Gasteiger partial charge in [-0.2, -0.15) is 4.31 Å². The molecular weight excluding hydrogens is 291 g/mol. The van der Waals surface area contributed by atoms with Crippen molar-refractivity contribution in [3.63, 3.8) is 0 Å². The highest BCUT2D eigenvalue weighted by molar-refractivity contribution is 7.89. The summed E-state index contributed by atoms with van der Waals surface area (Å²) in [7, 11) is -1.99. The highest BCUT2D eigenvalue weighted by Crippen LogP contribution is 2.28. The number of halogens is 1. The lowest BCUT2D eigenvalue weighted by Crippen LogP contribution is -2.43. The number of hydrogen-bond donors (Lipinski definition) is 1. The fraction of sp³-hybridized carbons (Fsp3) is 0.600. The molecule has 0 aliphatic carbocycles. The quantitative estimate of drug-likeness (QED) is 0.908. The van der Waals surface area contributed by atoms with Gasteiger partial charge < -0.3 is 5.32 Å². The number of piperidine rings is 1. The minimum atomic E-state index is -3.76. The Hall–Kier alpha value is -0.980. The van der Waals surface area contributed by atoms with E-state index in [4.69, 9.17) is 0 Å². The third-order valence-electron chi connectivity index (χ3n) is 4.01. The zero-order valence-corrected chi connectivity index (χ0v) is 13.4. The molecule has 0 bridgehead atoms. The van der Waals surface area contributed by atoms with Gasteiger partial charge in [-0.05, 0) is 44.0 Å². The van der Waals surface area contributed by atoms with Crippen LogP contribution in [0.25, 0.3) is 0 Å². The number of benzene rings is 1. The zero-order valence-electron chi connectivity index (χ0n) is 12.6. The second-order valence-electron chi connectivity index (χ2n) is 5.47. The van der Waals surface area contributed by atoms with E-state index in [9.17, 15) is 12.8 Å². The maximum absolute atomic E-state index is 14.1. The minimum Gasteiger partial charge on any atom is -0.316 e. The van der Waals surface area contributed by atoms with Crippen LogP contribution in [0.5, 0.6) is 0 Å². The fourth-order valence-electron chi connectivity index (χ4n) is 2.88. The van der Waals surface area contributed by atoms with Gasteiger partial charge in [-0.25, -0.2) is 12.8 Å². The van der Waals surface area contributed by atoms with Crippen molar-refractivity contribution in [3.05, 3.63) is 29.6 Å². The number of rotatable bonds is 5. The summed E-state index contributed by atoms with van der Waals surface area (Å²) in [6, 6.07) is 4.28. The number of sulfonamides is 1. The van der Waals surface area contributed by atoms with E-state index in [-0.39, 0.29) is 10.9 Å². The molecule has 0 aromatic heterocycles. The van der Waals surface area contributed by atoms with Crippen molar-refractivity contribution >= 4 is 10.0 Å². The average Bonchev–Trinajstić information content (AvgIpc) is 2.49. The maximum atomic E-state index is 14.1. The van der Waals surface area contributed by atoms with Crippen molar-refractivity contribution in [1.82, 2.24) is 9.62 Å². The largest absolute Gasteiger partial charge is 0.316 e. The third kappa shape index (κ3) is 3.44. The van der Waals surface area contributed by atoms with Crippen molar-refractivity contribution in [2.24, 2.45) is 0 Å². The molecule has 0 amide bonds. The van der Waals surface area contributed by atoms with Gasteiger partial charge in [-0.1, -0.05) is 19.4 Å². The Kier molecular flexibility index (Phi) is 5.35. The molecular formula is C15H23FN2O2S. The van der Waals surface area contributed by atoms with Crippen LogP contribution in [0.2, 0.25) is 0 Å². The normalized spacial score (nSPS) is 20.6. The molecule has 1 heterocycles. The van der Waals surface area contributed by atoms with Gasteiger partial charge >= 0.3 is 0 Å². The Labute approximate surface area is 126 Å². The lowest BCUT2D eigenvalue weighted by Gasteiger charge is -2.34. The van der Waals surface area contributed by atoms with Gasteiger partial charge in [0.1, 0.15) is 10.7 Å². The zero-order chi connectivity index (χ0) is 15.5. The van der Waals surface area contributed by atoms with E-state index in [1.54, 1.807) is 13.1 Å². The fourth-order valence-corrected chi connectivity index (χ4v) is 4.77. The molecule has 1 fully saturated rings. The Morgan fingerprint density at radius 3 is 2.81 bits per heavy atom. The highest BCUT2D eigenvalue weighted by atomic mass is 32.2. The van der Waals surface area contributed by atoms with Crippen LogP contribution in [0.1, 0.15) is 38.2 Å². The summed E-state index contributed by atoms with van der Waals surface area (Å²) in [5, 5.41) is 2.95. The van der Waals surface area contributed by atoms with Gasteiger partial charge in [0.05, 0.1) is 0 Å². The van der Waals surface area contributed by atoms with Crippen LogP contribution < -0.4 is 5.32 Å². The SMILES string of the molecule is CCC1CCCCN1S(=O)(=O)c1cc(CNC)ccc1F. The van der Waals surface area contributed by atoms with Gasteiger partial charge in [-0.3, -0.25) is 0 Å². The number of nitrogens with zero attached hydrogens (tertiary/aromatic N) is 1. The van der Waals surface area contributed by atoms with Crippen molar-refractivity contribution in [2.75, 3.05) is 13.6 Å². The molecule has 0 saturated carbocycles. The molecule has 1 aromatic rings. The van der Waals surface area contributed by atoms with Crippen LogP contribution in [0, 0.1) is 5.82 Å². The van der Waals surface area contributed by atoms with Gasteiger partial charge in [0.25, 0.3) is 0 Å². The molecule has 4 nitrogen and oxygen atoms in total. The van der Waals surface area contributed by atoms with Crippen LogP contribution in [0.4, 0.5) is 4.39 Å². The van der Waals surface area contributed by atoms with Crippen LogP contribution in [0.3, 0.4) is 0 Å². The molecule has 1 saturated heterocycles. The standard InChI is InChI=1S/C15H23FN2O2S/c1-3-13-6-4-5-9-18(13)21(19,20)15-10-12(11-17-2)7-8-14(15)16/h7-8,10,13,17H,3-6,9,11H2,1-2H3. The van der Waals surface area contributed by atoms with Crippen LogP contribution in [-0.4, -0.2) is 32.4 Å². The summed E-state index contributed by atoms with van der Waals surface area (Å²) in [5.41, 5.74) is 0.766. The first kappa shape index (κ1) is 16.4. The first-order valence-electron chi connectivity index (χ1n) is 7.45. The summed E-state index contributed by atoms with van der Waals surface area (Å²) < 4.78 is 41.1. The summed E-state index contributed by atoms with van der Waals surface area (Å²) in [5.74, 6) is -0.671. The van der Waals surface area contributed by atoms with Gasteiger partial charge in [0.2, 0.25) is 10.0 Å². The van der Waals surface area contributed by atoms with E-state index in [1.165, 1.54) is 16.4 Å². The van der Waals surface area contributed by atoms with E-state index >= 15 is 0 Å². The van der Waals surface area contributed by atoms with Gasteiger partial charge in [0, 0.05) is 19.1 Å². The van der Waals surface area contributed by atoms with Gasteiger partial charge in [0.15, 0.2) is 0 Å². The first-order valence-corrected chi connectivity index (χ1v) is 8.89. The molecule has 0 radical (unpaired) electrons. The van der Waals surface area contributed by atoms with E-state index in [1.807, 2.05) is 6.92 Å². The Morgan fingerprint density at radius 2 is 2.14 bits per heavy atom. The molecule has 1 aromatic carbocycles. The summed E-state index contributed by atoms with van der Waals surface area (Å²) in [6.07, 6.45) is 3.49. The topological polar surface area (TPSA) is 49.4 Å². The lowest BCUT2D eigenvalue weighted by molar-refractivity contribution is 0.246. The Bertz CT molecular complexity index is 589. The molecule has 6 heteroatoms. The van der Waals surface area contributed by atoms with Gasteiger partial charge in [-0.15, -0.1) is 0 Å². The summed E-state index contributed by atoms with van der Waals surface area (Å²) in [6.45, 7) is 2.98. The molecule has 1 aliphatic heterocycles. The monoisotopic (exact) mass is 314 g/mol. The molecule has 0 spiro atoms. The smallest absolute Gasteiger partial charge is 0.246 e. The van der Waals surface area contributed by atoms with E-state index in [0.717, 1.165) is 31.2 Å². The molecule has 21 heavy (non-hydrogen) atoms. The number of hydrogen-bond acceptors (Lipinski definition) is 3. The second-order valence-corrected chi connectivity index (χ2v) is 7.33. The van der Waals surface area contributed by atoms with Crippen molar-refractivity contribution in [2.45, 2.75) is 50.1 Å². The second kappa shape index (κ2) is 6.85. The van der Waals surface area contributed by atoms with Crippen molar-refractivity contribution < 1.29 is 12.8 Å². The summed E-state index contributed by atoms with van der Waals surface area (Å²) in [4.78, 5) is -0.199. The van der Waals surface area contributed by atoms with Crippen molar-refractivity contribution in [1.29, 1.82) is 0 Å². The summed E-state index contributed by atoms with van der Waals surface area (Å²) >= 11 is 0. The highest BCUT2D eigenvalue weighted by Gasteiger charge is 2.34. The molecule has 1 N–H and O–H groups in total. The predicted octanol–water partition coefficient (Wildman–Crippen LogP) is 2.50. The average molecular weight is 314 g/mol. The lowest BCUT2D eigenvalue weighted by atomic mass is 10.0. The number of nitrogens with one attached hydrogen (secondary N) is 1.